The van der Waals surface area contributed by atoms with Gasteiger partial charge in [-0.25, -0.2) is 9.29 Å². The second-order valence-corrected chi connectivity index (χ2v) is 8.60. The fourth-order valence-electron chi connectivity index (χ4n) is 4.68. The lowest BCUT2D eigenvalue weighted by Gasteiger charge is -2.36. The van der Waals surface area contributed by atoms with Gasteiger partial charge in [-0.3, -0.25) is 14.5 Å². The second kappa shape index (κ2) is 7.08. The summed E-state index contributed by atoms with van der Waals surface area (Å²) in [6.45, 7) is 2.60. The number of nitrogens with zero attached hydrogens (tertiary/aromatic N) is 2. The molecule has 1 fully saturated rings. The summed E-state index contributed by atoms with van der Waals surface area (Å²) >= 11 is 12.2. The minimum Gasteiger partial charge on any atom is -0.357 e. The van der Waals surface area contributed by atoms with Gasteiger partial charge in [0.2, 0.25) is 5.91 Å². The van der Waals surface area contributed by atoms with Gasteiger partial charge in [0.05, 0.1) is 23.2 Å². The monoisotopic (exact) mass is 445 g/mol. The number of amides is 2. The van der Waals surface area contributed by atoms with Gasteiger partial charge in [0.25, 0.3) is 5.91 Å². The summed E-state index contributed by atoms with van der Waals surface area (Å²) in [5.74, 6) is -0.848. The smallest absolute Gasteiger partial charge is 0.251 e. The SMILES string of the molecule is CC1c2[nH]c3ccc(F)cc3c2CCN1C1CC(=O)N(c2ccc(Cl)cc2Cl)C1=O. The molecule has 3 aromatic rings. The number of H-pyrrole nitrogens is 1. The first-order valence-electron chi connectivity index (χ1n) is 9.72. The van der Waals surface area contributed by atoms with E-state index in [2.05, 4.69) is 4.98 Å². The quantitative estimate of drug-likeness (QED) is 0.572. The zero-order valence-corrected chi connectivity index (χ0v) is 17.6. The highest BCUT2D eigenvalue weighted by Gasteiger charge is 2.46. The normalized spacial score (nSPS) is 22.2. The second-order valence-electron chi connectivity index (χ2n) is 7.75. The van der Waals surface area contributed by atoms with Crippen molar-refractivity contribution in [2.75, 3.05) is 11.4 Å². The zero-order chi connectivity index (χ0) is 21.2. The number of anilines is 1. The number of nitrogens with one attached hydrogen (secondary N) is 1. The van der Waals surface area contributed by atoms with Crippen molar-refractivity contribution in [3.05, 3.63) is 63.5 Å². The van der Waals surface area contributed by atoms with Gasteiger partial charge in [0.1, 0.15) is 5.82 Å². The molecule has 3 heterocycles. The number of aromatic nitrogens is 1. The molecule has 2 aliphatic heterocycles. The highest BCUT2D eigenvalue weighted by atomic mass is 35.5. The van der Waals surface area contributed by atoms with Gasteiger partial charge < -0.3 is 4.98 Å². The number of halogens is 3. The third kappa shape index (κ3) is 2.94. The molecule has 2 amide bonds. The van der Waals surface area contributed by atoms with Crippen molar-refractivity contribution < 1.29 is 14.0 Å². The van der Waals surface area contributed by atoms with E-state index in [1.807, 2.05) is 11.8 Å². The van der Waals surface area contributed by atoms with Gasteiger partial charge in [-0.15, -0.1) is 0 Å². The average molecular weight is 446 g/mol. The molecule has 0 bridgehead atoms. The standard InChI is InChI=1S/C22H18Cl2FN3O2/c1-11-21-14(15-9-13(25)3-4-17(15)26-21)6-7-27(11)19-10-20(29)28(22(19)30)18-5-2-12(23)8-16(18)24/h2-5,8-9,11,19,26H,6-7,10H2,1H3. The van der Waals surface area contributed by atoms with Crippen molar-refractivity contribution in [2.24, 2.45) is 0 Å². The van der Waals surface area contributed by atoms with E-state index in [1.54, 1.807) is 24.3 Å². The van der Waals surface area contributed by atoms with Gasteiger partial charge >= 0.3 is 0 Å². The molecule has 30 heavy (non-hydrogen) atoms. The maximum absolute atomic E-state index is 13.7. The van der Waals surface area contributed by atoms with E-state index in [-0.39, 0.29) is 35.1 Å². The van der Waals surface area contributed by atoms with Crippen molar-refractivity contribution in [2.45, 2.75) is 31.8 Å². The largest absolute Gasteiger partial charge is 0.357 e. The number of carbonyl (C=O) groups excluding carboxylic acids is 2. The fourth-order valence-corrected chi connectivity index (χ4v) is 5.18. The molecule has 5 rings (SSSR count). The van der Waals surface area contributed by atoms with E-state index >= 15 is 0 Å². The van der Waals surface area contributed by atoms with Crippen molar-refractivity contribution in [3.8, 4) is 0 Å². The minimum absolute atomic E-state index is 0.0896. The number of benzene rings is 2. The van der Waals surface area contributed by atoms with Crippen LogP contribution < -0.4 is 4.90 Å². The van der Waals surface area contributed by atoms with Crippen LogP contribution >= 0.6 is 23.2 Å². The predicted octanol–water partition coefficient (Wildman–Crippen LogP) is 4.87. The lowest BCUT2D eigenvalue weighted by Crippen LogP contribution is -2.46. The molecular formula is C22H18Cl2FN3O2. The molecule has 0 aliphatic carbocycles. The van der Waals surface area contributed by atoms with Gasteiger partial charge in [-0.1, -0.05) is 23.2 Å². The van der Waals surface area contributed by atoms with Crippen LogP contribution in [0.5, 0.6) is 0 Å². The lowest BCUT2D eigenvalue weighted by molar-refractivity contribution is -0.123. The number of aromatic amines is 1. The number of imide groups is 1. The van der Waals surface area contributed by atoms with E-state index in [4.69, 9.17) is 23.2 Å². The molecule has 5 nitrogen and oxygen atoms in total. The molecule has 2 atom stereocenters. The van der Waals surface area contributed by atoms with E-state index in [0.29, 0.717) is 23.7 Å². The molecule has 8 heteroatoms. The molecule has 0 radical (unpaired) electrons. The van der Waals surface area contributed by atoms with E-state index < -0.39 is 6.04 Å². The predicted molar refractivity (Wildman–Crippen MR) is 114 cm³/mol. The third-order valence-electron chi connectivity index (χ3n) is 6.11. The van der Waals surface area contributed by atoms with Gasteiger partial charge in [0.15, 0.2) is 0 Å². The maximum atomic E-state index is 13.7. The summed E-state index contributed by atoms with van der Waals surface area (Å²) in [6.07, 6.45) is 0.759. The Hall–Kier alpha value is -2.41. The van der Waals surface area contributed by atoms with Crippen LogP contribution in [-0.2, 0) is 16.0 Å². The molecule has 2 unspecified atom stereocenters. The number of fused-ring (bicyclic) bond motifs is 3. The number of rotatable bonds is 2. The topological polar surface area (TPSA) is 56.4 Å². The Balaban J connectivity index is 1.47. The van der Waals surface area contributed by atoms with Gasteiger partial charge in [-0.05, 0) is 55.3 Å². The molecule has 1 N–H and O–H groups in total. The summed E-state index contributed by atoms with van der Waals surface area (Å²) in [4.78, 5) is 32.6. The Morgan fingerprint density at radius 2 is 1.93 bits per heavy atom. The summed E-state index contributed by atoms with van der Waals surface area (Å²) < 4.78 is 13.7. The Labute approximate surface area is 182 Å². The third-order valence-corrected chi connectivity index (χ3v) is 6.65. The summed E-state index contributed by atoms with van der Waals surface area (Å²) in [7, 11) is 0. The van der Waals surface area contributed by atoms with Crippen molar-refractivity contribution in [1.82, 2.24) is 9.88 Å². The number of hydrogen-bond acceptors (Lipinski definition) is 3. The Bertz CT molecular complexity index is 1210. The van der Waals surface area contributed by atoms with Crippen LogP contribution in [0, 0.1) is 5.82 Å². The first-order valence-corrected chi connectivity index (χ1v) is 10.5. The van der Waals surface area contributed by atoms with Gasteiger partial charge in [-0.2, -0.15) is 0 Å². The minimum atomic E-state index is -0.574. The summed E-state index contributed by atoms with van der Waals surface area (Å²) in [6, 6.07) is 8.73. The van der Waals surface area contributed by atoms with E-state index in [1.165, 1.54) is 12.1 Å². The Morgan fingerprint density at radius 1 is 1.13 bits per heavy atom. The molecule has 2 aromatic carbocycles. The fraction of sp³-hybridized carbons (Fsp3) is 0.273. The molecule has 0 spiro atoms. The Kier molecular flexibility index (Phi) is 4.61. The molecule has 2 aliphatic rings. The van der Waals surface area contributed by atoms with Crippen molar-refractivity contribution >= 4 is 51.6 Å². The number of hydrogen-bond donors (Lipinski definition) is 1. The van der Waals surface area contributed by atoms with Crippen LogP contribution in [-0.4, -0.2) is 34.3 Å². The molecule has 1 aromatic heterocycles. The van der Waals surface area contributed by atoms with Crippen LogP contribution in [0.25, 0.3) is 10.9 Å². The Morgan fingerprint density at radius 3 is 2.70 bits per heavy atom. The molecule has 0 saturated carbocycles. The van der Waals surface area contributed by atoms with Crippen LogP contribution in [0.15, 0.2) is 36.4 Å². The van der Waals surface area contributed by atoms with E-state index in [9.17, 15) is 14.0 Å². The van der Waals surface area contributed by atoms with Gasteiger partial charge in [0, 0.05) is 34.2 Å². The van der Waals surface area contributed by atoms with Crippen LogP contribution in [0.2, 0.25) is 10.0 Å². The molecular weight excluding hydrogens is 428 g/mol. The van der Waals surface area contributed by atoms with Crippen LogP contribution in [0.1, 0.15) is 30.6 Å². The van der Waals surface area contributed by atoms with Crippen LogP contribution in [0.4, 0.5) is 10.1 Å². The van der Waals surface area contributed by atoms with Crippen LogP contribution in [0.3, 0.4) is 0 Å². The maximum Gasteiger partial charge on any atom is 0.251 e. The summed E-state index contributed by atoms with van der Waals surface area (Å²) in [5, 5.41) is 1.57. The average Bonchev–Trinajstić information content (AvgIpc) is 3.20. The first kappa shape index (κ1) is 19.5. The van der Waals surface area contributed by atoms with Crippen molar-refractivity contribution in [3.63, 3.8) is 0 Å². The summed E-state index contributed by atoms with van der Waals surface area (Å²) in [5.41, 5.74) is 3.26. The van der Waals surface area contributed by atoms with Crippen molar-refractivity contribution in [1.29, 1.82) is 0 Å². The highest BCUT2D eigenvalue weighted by Crippen LogP contribution is 2.39. The lowest BCUT2D eigenvalue weighted by atomic mass is 9.96. The molecule has 154 valence electrons. The number of carbonyl (C=O) groups is 2. The molecule has 1 saturated heterocycles. The first-order chi connectivity index (χ1) is 14.3. The van der Waals surface area contributed by atoms with E-state index in [0.717, 1.165) is 27.1 Å². The highest BCUT2D eigenvalue weighted by molar-refractivity contribution is 6.38. The zero-order valence-electron chi connectivity index (χ0n) is 16.1.